The Bertz CT molecular complexity index is 880. The topological polar surface area (TPSA) is 42.3 Å². The summed E-state index contributed by atoms with van der Waals surface area (Å²) in [6.45, 7) is 9.39. The highest BCUT2D eigenvalue weighted by atomic mass is 32.2. The van der Waals surface area contributed by atoms with Crippen LogP contribution in [-0.2, 0) is 17.9 Å². The largest absolute Gasteiger partial charge is 0.349 e. The Hall–Kier alpha value is -2.27. The Kier molecular flexibility index (Phi) is 4.86. The molecule has 0 spiro atoms. The minimum Gasteiger partial charge on any atom is -0.349 e. The summed E-state index contributed by atoms with van der Waals surface area (Å²) in [7, 11) is 0. The second-order valence-electron chi connectivity index (χ2n) is 6.27. The number of carbonyl (C=O) groups is 2. The molecule has 25 heavy (non-hydrogen) atoms. The van der Waals surface area contributed by atoms with E-state index in [9.17, 15) is 9.59 Å². The number of rotatable bonds is 4. The summed E-state index contributed by atoms with van der Waals surface area (Å²) in [5.41, 5.74) is 5.35. The maximum absolute atomic E-state index is 12.7. The first-order valence-corrected chi connectivity index (χ1v) is 9.20. The molecule has 0 bridgehead atoms. The van der Waals surface area contributed by atoms with Gasteiger partial charge in [-0.05, 0) is 68.3 Å². The lowest BCUT2D eigenvalue weighted by atomic mass is 10.1. The number of amides is 2. The molecule has 4 nitrogen and oxygen atoms in total. The molecule has 0 radical (unpaired) electrons. The van der Waals surface area contributed by atoms with Crippen molar-refractivity contribution in [3.63, 3.8) is 0 Å². The lowest BCUT2D eigenvalue weighted by Gasteiger charge is -2.14. The van der Waals surface area contributed by atoms with Gasteiger partial charge in [-0.2, -0.15) is 0 Å². The van der Waals surface area contributed by atoms with Crippen LogP contribution in [0.4, 0.5) is 4.79 Å². The van der Waals surface area contributed by atoms with E-state index in [-0.39, 0.29) is 11.1 Å². The van der Waals surface area contributed by atoms with Crippen LogP contribution in [0.5, 0.6) is 0 Å². The van der Waals surface area contributed by atoms with E-state index in [2.05, 4.69) is 24.5 Å². The van der Waals surface area contributed by atoms with Gasteiger partial charge in [-0.1, -0.05) is 24.3 Å². The zero-order chi connectivity index (χ0) is 18.1. The quantitative estimate of drug-likeness (QED) is 0.749. The van der Waals surface area contributed by atoms with Crippen molar-refractivity contribution in [3.05, 3.63) is 63.3 Å². The van der Waals surface area contributed by atoms with Gasteiger partial charge in [-0.3, -0.25) is 14.5 Å². The normalized spacial score (nSPS) is 16.3. The lowest BCUT2D eigenvalue weighted by Crippen LogP contribution is -2.27. The first-order chi connectivity index (χ1) is 11.9. The predicted molar refractivity (Wildman–Crippen MR) is 102 cm³/mol. The van der Waals surface area contributed by atoms with Crippen LogP contribution in [0.1, 0.15) is 35.0 Å². The second-order valence-corrected chi connectivity index (χ2v) is 7.26. The summed E-state index contributed by atoms with van der Waals surface area (Å²) in [4.78, 5) is 26.9. The molecule has 130 valence electrons. The zero-order valence-electron chi connectivity index (χ0n) is 15.0. The fourth-order valence-electron chi connectivity index (χ4n) is 3.20. The molecule has 2 heterocycles. The van der Waals surface area contributed by atoms with Crippen LogP contribution in [-0.4, -0.2) is 20.6 Å². The molecule has 2 amide bonds. The van der Waals surface area contributed by atoms with Crippen LogP contribution in [0.25, 0.3) is 6.08 Å². The first-order valence-electron chi connectivity index (χ1n) is 8.39. The van der Waals surface area contributed by atoms with Crippen LogP contribution in [0.15, 0.2) is 35.2 Å². The second kappa shape index (κ2) is 6.92. The molecule has 1 saturated heterocycles. The number of carbonyl (C=O) groups excluding carboxylic acids is 2. The molecular weight excluding hydrogens is 332 g/mol. The fraction of sp³-hybridized carbons (Fsp3) is 0.300. The number of nitrogens with zero attached hydrogens (tertiary/aromatic N) is 2. The van der Waals surface area contributed by atoms with E-state index in [0.717, 1.165) is 46.4 Å². The minimum absolute atomic E-state index is 0.205. The molecule has 1 aromatic carbocycles. The van der Waals surface area contributed by atoms with Crippen molar-refractivity contribution in [2.75, 3.05) is 0 Å². The summed E-state index contributed by atoms with van der Waals surface area (Å²) in [6, 6.07) is 9.89. The molecule has 1 aliphatic rings. The van der Waals surface area contributed by atoms with Gasteiger partial charge >= 0.3 is 0 Å². The maximum Gasteiger partial charge on any atom is 0.293 e. The molecule has 0 unspecified atom stereocenters. The molecule has 1 aromatic heterocycles. The van der Waals surface area contributed by atoms with Gasteiger partial charge in [0.25, 0.3) is 11.1 Å². The van der Waals surface area contributed by atoms with Gasteiger partial charge in [0.1, 0.15) is 0 Å². The molecule has 5 heteroatoms. The van der Waals surface area contributed by atoms with Crippen molar-refractivity contribution < 1.29 is 9.59 Å². The average Bonchev–Trinajstić information content (AvgIpc) is 2.99. The van der Waals surface area contributed by atoms with Gasteiger partial charge < -0.3 is 4.57 Å². The van der Waals surface area contributed by atoms with E-state index in [4.69, 9.17) is 0 Å². The van der Waals surface area contributed by atoms with E-state index in [1.165, 1.54) is 4.90 Å². The smallest absolute Gasteiger partial charge is 0.293 e. The minimum atomic E-state index is -0.209. The van der Waals surface area contributed by atoms with Crippen LogP contribution >= 0.6 is 11.8 Å². The highest BCUT2D eigenvalue weighted by Gasteiger charge is 2.35. The first kappa shape index (κ1) is 17.5. The third-order valence-corrected chi connectivity index (χ3v) is 5.59. The number of benzene rings is 1. The number of thioether (sulfide) groups is 1. The van der Waals surface area contributed by atoms with Crippen LogP contribution in [0, 0.1) is 20.8 Å². The van der Waals surface area contributed by atoms with E-state index in [1.54, 1.807) is 0 Å². The van der Waals surface area contributed by atoms with Crippen molar-refractivity contribution in [2.45, 2.75) is 40.8 Å². The van der Waals surface area contributed by atoms with Gasteiger partial charge in [0, 0.05) is 17.9 Å². The zero-order valence-corrected chi connectivity index (χ0v) is 15.8. The molecular formula is C20H22N2O2S. The Morgan fingerprint density at radius 2 is 1.84 bits per heavy atom. The van der Waals surface area contributed by atoms with Crippen molar-refractivity contribution in [3.8, 4) is 0 Å². The molecule has 1 fully saturated rings. The predicted octanol–water partition coefficient (Wildman–Crippen LogP) is 4.67. The highest BCUT2D eigenvalue weighted by Crippen LogP contribution is 2.34. The summed E-state index contributed by atoms with van der Waals surface area (Å²) in [5, 5.41) is -0.205. The third kappa shape index (κ3) is 3.29. The van der Waals surface area contributed by atoms with E-state index >= 15 is 0 Å². The van der Waals surface area contributed by atoms with Gasteiger partial charge in [-0.15, -0.1) is 0 Å². The molecule has 0 aliphatic carbocycles. The number of hydrogen-bond donors (Lipinski definition) is 0. The van der Waals surface area contributed by atoms with E-state index in [0.29, 0.717) is 11.4 Å². The molecule has 2 aromatic rings. The summed E-state index contributed by atoms with van der Waals surface area (Å²) in [5.74, 6) is -0.209. The van der Waals surface area contributed by atoms with E-state index < -0.39 is 0 Å². The van der Waals surface area contributed by atoms with Crippen molar-refractivity contribution in [1.82, 2.24) is 9.47 Å². The highest BCUT2D eigenvalue weighted by molar-refractivity contribution is 8.18. The lowest BCUT2D eigenvalue weighted by molar-refractivity contribution is -0.123. The van der Waals surface area contributed by atoms with E-state index in [1.807, 2.05) is 44.2 Å². The van der Waals surface area contributed by atoms with Gasteiger partial charge in [-0.25, -0.2) is 0 Å². The monoisotopic (exact) mass is 354 g/mol. The third-order valence-electron chi connectivity index (χ3n) is 4.68. The molecule has 1 aliphatic heterocycles. The number of imide groups is 1. The van der Waals surface area contributed by atoms with Crippen LogP contribution in [0.2, 0.25) is 0 Å². The summed E-state index contributed by atoms with van der Waals surface area (Å²) >= 11 is 1.02. The summed E-state index contributed by atoms with van der Waals surface area (Å²) in [6.07, 6.45) is 1.84. The van der Waals surface area contributed by atoms with Crippen molar-refractivity contribution in [2.24, 2.45) is 0 Å². The fourth-order valence-corrected chi connectivity index (χ4v) is 4.02. The van der Waals surface area contributed by atoms with Gasteiger partial charge in [0.2, 0.25) is 0 Å². The van der Waals surface area contributed by atoms with Crippen molar-refractivity contribution >= 4 is 29.0 Å². The molecule has 0 atom stereocenters. The van der Waals surface area contributed by atoms with Gasteiger partial charge in [0.05, 0.1) is 11.4 Å². The standard InChI is InChI=1S/C20H22N2O2S/c1-5-21-14(3)10-17(15(21)4)11-18-19(23)22(20(24)25-18)12-16-9-7-6-8-13(16)2/h6-11H,5,12H2,1-4H3/b18-11-. The number of hydrogen-bond acceptors (Lipinski definition) is 3. The average molecular weight is 354 g/mol. The molecule has 0 saturated carbocycles. The summed E-state index contributed by atoms with van der Waals surface area (Å²) < 4.78 is 2.20. The molecule has 0 N–H and O–H groups in total. The number of aryl methyl sites for hydroxylation is 2. The van der Waals surface area contributed by atoms with Crippen LogP contribution < -0.4 is 0 Å². The van der Waals surface area contributed by atoms with Crippen molar-refractivity contribution in [1.29, 1.82) is 0 Å². The Labute approximate surface area is 152 Å². The Morgan fingerprint density at radius 3 is 2.48 bits per heavy atom. The SMILES string of the molecule is CCn1c(C)cc(/C=C2\SC(=O)N(Cc3ccccc3C)C2=O)c1C. The Morgan fingerprint density at radius 1 is 1.12 bits per heavy atom. The Balaban J connectivity index is 1.87. The molecule has 3 rings (SSSR count). The number of aromatic nitrogens is 1. The van der Waals surface area contributed by atoms with Crippen LogP contribution in [0.3, 0.4) is 0 Å². The maximum atomic E-state index is 12.7. The van der Waals surface area contributed by atoms with Gasteiger partial charge in [0.15, 0.2) is 0 Å².